The minimum Gasteiger partial charge on any atom is -0.467 e. The Morgan fingerprint density at radius 3 is 2.18 bits per heavy atom. The van der Waals surface area contributed by atoms with Crippen molar-refractivity contribution < 1.29 is 23.5 Å². The monoisotopic (exact) mass is 320 g/mol. The zero-order valence-electron chi connectivity index (χ0n) is 12.1. The van der Waals surface area contributed by atoms with Crippen LogP contribution in [0.5, 0.6) is 0 Å². The Morgan fingerprint density at radius 2 is 1.64 bits per heavy atom. The number of benzene rings is 2. The molecule has 1 N–H and O–H groups in total. The quantitative estimate of drug-likeness (QED) is 0.653. The number of hydrogen-bond acceptors (Lipinski definition) is 4. The predicted octanol–water partition coefficient (Wildman–Crippen LogP) is 3.30. The first kappa shape index (κ1) is 16.4. The molecule has 0 aliphatic carbocycles. The summed E-state index contributed by atoms with van der Waals surface area (Å²) in [4.78, 5) is 21.9. The van der Waals surface area contributed by atoms with Crippen LogP contribution in [0.2, 0.25) is 0 Å². The third-order valence-electron chi connectivity index (χ3n) is 3.01. The average molecular weight is 320 g/mol. The number of carbonyl (C=O) groups excluding carboxylic acids is 1. The molecule has 0 aliphatic heterocycles. The molecule has 5 nitrogen and oxygen atoms in total. The summed E-state index contributed by atoms with van der Waals surface area (Å²) in [5.41, 5.74) is 1.13. The minimum absolute atomic E-state index is 0.172. The minimum atomic E-state index is -4.00. The number of ether oxygens (including phenoxy) is 1. The number of esters is 1. The van der Waals surface area contributed by atoms with Gasteiger partial charge in [-0.3, -0.25) is 9.09 Å². The van der Waals surface area contributed by atoms with Gasteiger partial charge in [-0.25, -0.2) is 4.79 Å². The second-order valence-electron chi connectivity index (χ2n) is 4.70. The molecular weight excluding hydrogens is 303 g/mol. The van der Waals surface area contributed by atoms with Crippen LogP contribution >= 0.6 is 7.60 Å². The Morgan fingerprint density at radius 1 is 1.09 bits per heavy atom. The van der Waals surface area contributed by atoms with Crippen LogP contribution in [0.1, 0.15) is 17.2 Å². The second-order valence-corrected chi connectivity index (χ2v) is 6.50. The molecule has 0 fully saturated rings. The molecule has 0 heterocycles. The molecule has 0 bridgehead atoms. The van der Waals surface area contributed by atoms with Gasteiger partial charge in [-0.2, -0.15) is 0 Å². The van der Waals surface area contributed by atoms with Crippen molar-refractivity contribution >= 4 is 13.6 Å². The van der Waals surface area contributed by atoms with Gasteiger partial charge in [0, 0.05) is 0 Å². The molecule has 0 saturated carbocycles. The molecule has 116 valence electrons. The zero-order valence-corrected chi connectivity index (χ0v) is 13.0. The Bertz CT molecular complexity index is 657. The largest absolute Gasteiger partial charge is 0.467 e. The lowest BCUT2D eigenvalue weighted by atomic mass is 10.1. The Kier molecular flexibility index (Phi) is 5.50. The normalized spacial score (nSPS) is 14.8. The first-order valence-corrected chi connectivity index (χ1v) is 8.45. The Hall–Kier alpha value is -1.94. The molecule has 1 unspecified atom stereocenters. The van der Waals surface area contributed by atoms with Gasteiger partial charge in [-0.15, -0.1) is 0 Å². The molecule has 0 saturated heterocycles. The van der Waals surface area contributed by atoms with E-state index in [4.69, 9.17) is 4.52 Å². The SMILES string of the molecule is COC(=O)[C@H](OP(=O)(O)Cc1ccccc1)c1ccccc1. The van der Waals surface area contributed by atoms with Crippen molar-refractivity contribution in [3.8, 4) is 0 Å². The molecule has 2 rings (SSSR count). The lowest BCUT2D eigenvalue weighted by Crippen LogP contribution is -2.17. The van der Waals surface area contributed by atoms with Crippen LogP contribution in [0, 0.1) is 0 Å². The maximum atomic E-state index is 12.3. The smallest absolute Gasteiger partial charge is 0.340 e. The molecule has 2 aromatic rings. The van der Waals surface area contributed by atoms with E-state index in [1.54, 1.807) is 54.6 Å². The lowest BCUT2D eigenvalue weighted by Gasteiger charge is -2.20. The van der Waals surface area contributed by atoms with Gasteiger partial charge in [0.25, 0.3) is 0 Å². The van der Waals surface area contributed by atoms with Gasteiger partial charge in [0.15, 0.2) is 6.10 Å². The molecule has 0 amide bonds. The van der Waals surface area contributed by atoms with Crippen LogP contribution in [0.25, 0.3) is 0 Å². The Balaban J connectivity index is 2.19. The number of carbonyl (C=O) groups is 1. The first-order chi connectivity index (χ1) is 10.5. The van der Waals surface area contributed by atoms with Crippen LogP contribution in [0.15, 0.2) is 60.7 Å². The zero-order chi connectivity index (χ0) is 16.0. The summed E-state index contributed by atoms with van der Waals surface area (Å²) in [5.74, 6) is -0.714. The summed E-state index contributed by atoms with van der Waals surface area (Å²) in [6, 6.07) is 17.3. The van der Waals surface area contributed by atoms with E-state index in [9.17, 15) is 14.3 Å². The predicted molar refractivity (Wildman–Crippen MR) is 82.3 cm³/mol. The van der Waals surface area contributed by atoms with Crippen molar-refractivity contribution in [2.45, 2.75) is 12.3 Å². The average Bonchev–Trinajstić information content (AvgIpc) is 2.53. The summed E-state index contributed by atoms with van der Waals surface area (Å²) >= 11 is 0. The van der Waals surface area contributed by atoms with Gasteiger partial charge in [0.1, 0.15) is 0 Å². The molecule has 0 radical (unpaired) electrons. The topological polar surface area (TPSA) is 72.8 Å². The Labute approximate surface area is 129 Å². The van der Waals surface area contributed by atoms with Crippen LogP contribution in [-0.4, -0.2) is 18.0 Å². The van der Waals surface area contributed by atoms with Crippen molar-refractivity contribution in [2.75, 3.05) is 7.11 Å². The molecule has 22 heavy (non-hydrogen) atoms. The summed E-state index contributed by atoms with van der Waals surface area (Å²) in [7, 11) is -2.79. The van der Waals surface area contributed by atoms with Crippen molar-refractivity contribution in [2.24, 2.45) is 0 Å². The third kappa shape index (κ3) is 4.53. The van der Waals surface area contributed by atoms with E-state index < -0.39 is 19.7 Å². The van der Waals surface area contributed by atoms with Gasteiger partial charge in [0.05, 0.1) is 13.3 Å². The van der Waals surface area contributed by atoms with E-state index in [0.29, 0.717) is 11.1 Å². The summed E-state index contributed by atoms with van der Waals surface area (Å²) in [5, 5.41) is 0. The van der Waals surface area contributed by atoms with E-state index in [1.165, 1.54) is 7.11 Å². The maximum Gasteiger partial charge on any atom is 0.340 e. The maximum absolute atomic E-state index is 12.3. The van der Waals surface area contributed by atoms with Crippen molar-refractivity contribution in [1.82, 2.24) is 0 Å². The fourth-order valence-electron chi connectivity index (χ4n) is 1.99. The number of rotatable bonds is 6. The van der Waals surface area contributed by atoms with Crippen molar-refractivity contribution in [3.05, 3.63) is 71.8 Å². The highest BCUT2D eigenvalue weighted by atomic mass is 31.2. The molecule has 0 aromatic heterocycles. The van der Waals surface area contributed by atoms with Gasteiger partial charge in [0.2, 0.25) is 0 Å². The highest BCUT2D eigenvalue weighted by molar-refractivity contribution is 7.52. The van der Waals surface area contributed by atoms with Gasteiger partial charge in [-0.1, -0.05) is 60.7 Å². The van der Waals surface area contributed by atoms with Crippen LogP contribution in [-0.2, 0) is 24.8 Å². The summed E-state index contributed by atoms with van der Waals surface area (Å²) in [6.07, 6.45) is -1.40. The van der Waals surface area contributed by atoms with E-state index in [2.05, 4.69) is 4.74 Å². The molecular formula is C16H17O5P. The van der Waals surface area contributed by atoms with E-state index in [0.717, 1.165) is 0 Å². The van der Waals surface area contributed by atoms with Gasteiger partial charge < -0.3 is 9.63 Å². The summed E-state index contributed by atoms with van der Waals surface area (Å²) in [6.45, 7) is 0. The summed E-state index contributed by atoms with van der Waals surface area (Å²) < 4.78 is 22.2. The molecule has 2 atom stereocenters. The van der Waals surface area contributed by atoms with Crippen LogP contribution < -0.4 is 0 Å². The standard InChI is InChI=1S/C16H17O5P/c1-20-16(17)15(14-10-6-3-7-11-14)21-22(18,19)12-13-8-4-2-5-9-13/h2-11,15H,12H2,1H3,(H,18,19)/t15-/m1/s1. The fourth-order valence-corrected chi connectivity index (χ4v) is 3.27. The second kappa shape index (κ2) is 7.36. The lowest BCUT2D eigenvalue weighted by molar-refractivity contribution is -0.149. The highest BCUT2D eigenvalue weighted by Gasteiger charge is 2.31. The van der Waals surface area contributed by atoms with Crippen molar-refractivity contribution in [3.63, 3.8) is 0 Å². The molecule has 0 spiro atoms. The van der Waals surface area contributed by atoms with Gasteiger partial charge >= 0.3 is 13.6 Å². The number of hydrogen-bond donors (Lipinski definition) is 1. The molecule has 6 heteroatoms. The highest BCUT2D eigenvalue weighted by Crippen LogP contribution is 2.50. The fraction of sp³-hybridized carbons (Fsp3) is 0.188. The number of methoxy groups -OCH3 is 1. The molecule has 0 aliphatic rings. The van der Waals surface area contributed by atoms with E-state index in [-0.39, 0.29) is 6.16 Å². The van der Waals surface area contributed by atoms with Crippen LogP contribution in [0.4, 0.5) is 0 Å². The van der Waals surface area contributed by atoms with Crippen molar-refractivity contribution in [1.29, 1.82) is 0 Å². The van der Waals surface area contributed by atoms with E-state index in [1.807, 2.05) is 6.07 Å². The van der Waals surface area contributed by atoms with Crippen LogP contribution in [0.3, 0.4) is 0 Å². The molecule has 2 aromatic carbocycles. The first-order valence-electron chi connectivity index (χ1n) is 6.69. The third-order valence-corrected chi connectivity index (χ3v) is 4.32. The van der Waals surface area contributed by atoms with E-state index >= 15 is 0 Å². The van der Waals surface area contributed by atoms with Gasteiger partial charge in [-0.05, 0) is 11.1 Å².